The van der Waals surface area contributed by atoms with Gasteiger partial charge in [-0.1, -0.05) is 65.9 Å². The van der Waals surface area contributed by atoms with E-state index in [1.807, 2.05) is 72.8 Å². The number of ether oxygens (including phenoxy) is 2. The van der Waals surface area contributed by atoms with Crippen LogP contribution in [0.2, 0.25) is 5.02 Å². The monoisotopic (exact) mass is 481 g/mol. The van der Waals surface area contributed by atoms with E-state index in [4.69, 9.17) is 33.3 Å². The Bertz CT molecular complexity index is 1130. The van der Waals surface area contributed by atoms with Gasteiger partial charge in [-0.05, 0) is 60.2 Å². The second-order valence-electron chi connectivity index (χ2n) is 6.93. The number of benzene rings is 3. The molecule has 0 bridgehead atoms. The van der Waals surface area contributed by atoms with Gasteiger partial charge in [-0.2, -0.15) is 0 Å². The summed E-state index contributed by atoms with van der Waals surface area (Å²) >= 11 is 12.6. The third-order valence-corrected chi connectivity index (χ3v) is 6.16. The number of amides is 1. The van der Waals surface area contributed by atoms with Crippen molar-refractivity contribution in [2.75, 3.05) is 18.1 Å². The Labute approximate surface area is 201 Å². The molecule has 32 heavy (non-hydrogen) atoms. The third-order valence-electron chi connectivity index (χ3n) is 4.60. The van der Waals surface area contributed by atoms with Crippen molar-refractivity contribution in [3.63, 3.8) is 0 Å². The van der Waals surface area contributed by atoms with Gasteiger partial charge in [0.15, 0.2) is 4.32 Å². The molecule has 4 rings (SSSR count). The lowest BCUT2D eigenvalue weighted by atomic mass is 10.2. The predicted octanol–water partition coefficient (Wildman–Crippen LogP) is 6.59. The highest BCUT2D eigenvalue weighted by atomic mass is 35.5. The first kappa shape index (κ1) is 22.4. The van der Waals surface area contributed by atoms with Crippen LogP contribution in [0.1, 0.15) is 12.0 Å². The molecule has 1 aliphatic rings. The molecule has 1 aliphatic heterocycles. The summed E-state index contributed by atoms with van der Waals surface area (Å²) in [5, 5.41) is 0.683. The summed E-state index contributed by atoms with van der Waals surface area (Å²) in [6.07, 6.45) is 2.58. The Morgan fingerprint density at radius 2 is 1.62 bits per heavy atom. The number of thiocarbonyl (C=S) groups is 1. The Morgan fingerprint density at radius 3 is 2.38 bits per heavy atom. The van der Waals surface area contributed by atoms with E-state index in [1.165, 1.54) is 11.8 Å². The molecule has 7 heteroatoms. The number of rotatable bonds is 8. The van der Waals surface area contributed by atoms with Gasteiger partial charge in [-0.3, -0.25) is 9.69 Å². The van der Waals surface area contributed by atoms with Gasteiger partial charge in [0.25, 0.3) is 5.91 Å². The van der Waals surface area contributed by atoms with E-state index in [-0.39, 0.29) is 5.91 Å². The molecule has 4 nitrogen and oxygen atoms in total. The molecule has 3 aromatic rings. The number of hydrogen-bond donors (Lipinski definition) is 0. The van der Waals surface area contributed by atoms with Crippen LogP contribution in [-0.2, 0) is 4.79 Å². The minimum absolute atomic E-state index is 0.114. The van der Waals surface area contributed by atoms with Gasteiger partial charge in [0.05, 0.1) is 23.8 Å². The summed E-state index contributed by atoms with van der Waals surface area (Å²) in [6, 6.07) is 24.4. The van der Waals surface area contributed by atoms with Crippen molar-refractivity contribution in [2.24, 2.45) is 0 Å². The molecule has 1 fully saturated rings. The van der Waals surface area contributed by atoms with Crippen molar-refractivity contribution in [1.29, 1.82) is 0 Å². The highest BCUT2D eigenvalue weighted by Crippen LogP contribution is 2.36. The summed E-state index contributed by atoms with van der Waals surface area (Å²) < 4.78 is 12.1. The predicted molar refractivity (Wildman–Crippen MR) is 136 cm³/mol. The van der Waals surface area contributed by atoms with Crippen molar-refractivity contribution in [1.82, 2.24) is 0 Å². The first-order valence-electron chi connectivity index (χ1n) is 10.0. The molecule has 0 spiro atoms. The van der Waals surface area contributed by atoms with Crippen LogP contribution in [-0.4, -0.2) is 23.4 Å². The van der Waals surface area contributed by atoms with Crippen molar-refractivity contribution in [3.8, 4) is 11.5 Å². The van der Waals surface area contributed by atoms with Gasteiger partial charge in [0.1, 0.15) is 11.5 Å². The van der Waals surface area contributed by atoms with Gasteiger partial charge < -0.3 is 9.47 Å². The van der Waals surface area contributed by atoms with E-state index in [0.717, 1.165) is 29.2 Å². The summed E-state index contributed by atoms with van der Waals surface area (Å²) in [5.74, 6) is 1.41. The minimum Gasteiger partial charge on any atom is -0.493 e. The highest BCUT2D eigenvalue weighted by molar-refractivity contribution is 8.27. The lowest BCUT2D eigenvalue weighted by molar-refractivity contribution is -0.113. The molecule has 1 saturated heterocycles. The summed E-state index contributed by atoms with van der Waals surface area (Å²) in [7, 11) is 0. The fraction of sp³-hybridized carbons (Fsp3) is 0.120. The first-order chi connectivity index (χ1) is 15.6. The summed E-state index contributed by atoms with van der Waals surface area (Å²) in [5.41, 5.74) is 1.66. The smallest absolute Gasteiger partial charge is 0.270 e. The molecule has 1 amide bonds. The zero-order valence-corrected chi connectivity index (χ0v) is 19.5. The zero-order chi connectivity index (χ0) is 22.3. The van der Waals surface area contributed by atoms with Gasteiger partial charge >= 0.3 is 0 Å². The fourth-order valence-corrected chi connectivity index (χ4v) is 4.51. The minimum atomic E-state index is -0.114. The molecule has 0 atom stereocenters. The normalized spacial score (nSPS) is 14.8. The topological polar surface area (TPSA) is 38.8 Å². The van der Waals surface area contributed by atoms with Crippen molar-refractivity contribution < 1.29 is 14.3 Å². The van der Waals surface area contributed by atoms with E-state index in [1.54, 1.807) is 17.0 Å². The SMILES string of the molecule is O=C1C(=Cc2cccc(OCCCOc3ccc(Cl)cc3)c2)SC(=S)N1c1ccccc1. The van der Waals surface area contributed by atoms with Gasteiger partial charge in [-0.15, -0.1) is 0 Å². The lowest BCUT2D eigenvalue weighted by Gasteiger charge is -2.13. The second-order valence-corrected chi connectivity index (χ2v) is 9.04. The number of carbonyl (C=O) groups excluding carboxylic acids is 1. The van der Waals surface area contributed by atoms with Gasteiger partial charge in [0.2, 0.25) is 0 Å². The number of para-hydroxylation sites is 1. The number of thioether (sulfide) groups is 1. The van der Waals surface area contributed by atoms with Crippen LogP contribution in [0.3, 0.4) is 0 Å². The standard InChI is InChI=1S/C25H20ClNO3S2/c26-19-10-12-21(13-11-19)29-14-5-15-30-22-9-4-6-18(16-22)17-23-24(28)27(25(31)32-23)20-7-2-1-3-8-20/h1-4,6-13,16-17H,5,14-15H2. The third kappa shape index (κ3) is 5.71. The van der Waals surface area contributed by atoms with Crippen LogP contribution in [0, 0.1) is 0 Å². The van der Waals surface area contributed by atoms with Crippen LogP contribution in [0.15, 0.2) is 83.8 Å². The van der Waals surface area contributed by atoms with Gasteiger partial charge in [0, 0.05) is 11.4 Å². The maximum atomic E-state index is 12.9. The summed E-state index contributed by atoms with van der Waals surface area (Å²) in [4.78, 5) is 15.0. The molecular formula is C25H20ClNO3S2. The Kier molecular flexibility index (Phi) is 7.47. The molecule has 0 aromatic heterocycles. The van der Waals surface area contributed by atoms with E-state index < -0.39 is 0 Å². The first-order valence-corrected chi connectivity index (χ1v) is 11.6. The number of anilines is 1. The molecule has 1 heterocycles. The van der Waals surface area contributed by atoms with Crippen LogP contribution >= 0.6 is 35.6 Å². The molecule has 0 N–H and O–H groups in total. The van der Waals surface area contributed by atoms with E-state index >= 15 is 0 Å². The van der Waals surface area contributed by atoms with Crippen LogP contribution in [0.25, 0.3) is 6.08 Å². The zero-order valence-electron chi connectivity index (χ0n) is 17.1. The Morgan fingerprint density at radius 1 is 0.906 bits per heavy atom. The molecule has 3 aromatic carbocycles. The number of halogens is 1. The number of carbonyl (C=O) groups is 1. The maximum absolute atomic E-state index is 12.9. The number of nitrogens with zero attached hydrogens (tertiary/aromatic N) is 1. The Hall–Kier alpha value is -2.80. The van der Waals surface area contributed by atoms with Crippen molar-refractivity contribution >= 4 is 57.6 Å². The molecule has 0 radical (unpaired) electrons. The fourth-order valence-electron chi connectivity index (χ4n) is 3.08. The van der Waals surface area contributed by atoms with Crippen LogP contribution in [0.4, 0.5) is 5.69 Å². The van der Waals surface area contributed by atoms with Crippen molar-refractivity contribution in [2.45, 2.75) is 6.42 Å². The van der Waals surface area contributed by atoms with E-state index in [0.29, 0.717) is 27.5 Å². The van der Waals surface area contributed by atoms with Crippen LogP contribution < -0.4 is 14.4 Å². The highest BCUT2D eigenvalue weighted by Gasteiger charge is 2.33. The molecular weight excluding hydrogens is 462 g/mol. The summed E-state index contributed by atoms with van der Waals surface area (Å²) in [6.45, 7) is 1.07. The molecule has 0 saturated carbocycles. The van der Waals surface area contributed by atoms with E-state index in [9.17, 15) is 4.79 Å². The Balaban J connectivity index is 1.32. The largest absolute Gasteiger partial charge is 0.493 e. The van der Waals surface area contributed by atoms with Crippen molar-refractivity contribution in [3.05, 3.63) is 94.4 Å². The lowest BCUT2D eigenvalue weighted by Crippen LogP contribution is -2.27. The van der Waals surface area contributed by atoms with Gasteiger partial charge in [-0.25, -0.2) is 0 Å². The molecule has 0 aliphatic carbocycles. The quantitative estimate of drug-likeness (QED) is 0.206. The molecule has 162 valence electrons. The second kappa shape index (κ2) is 10.7. The average molecular weight is 482 g/mol. The molecule has 0 unspecified atom stereocenters. The maximum Gasteiger partial charge on any atom is 0.270 e. The van der Waals surface area contributed by atoms with E-state index in [2.05, 4.69) is 0 Å². The number of hydrogen-bond acceptors (Lipinski definition) is 5. The van der Waals surface area contributed by atoms with Crippen LogP contribution in [0.5, 0.6) is 11.5 Å². The average Bonchev–Trinajstić information content (AvgIpc) is 3.08.